The minimum atomic E-state index is 0.284. The summed E-state index contributed by atoms with van der Waals surface area (Å²) in [6.45, 7) is 0.285. The maximum absolute atomic E-state index is 8.81. The molecule has 1 fully saturated rings. The van der Waals surface area contributed by atoms with Crippen LogP contribution in [0, 0.1) is 11.3 Å². The highest BCUT2D eigenvalue weighted by Gasteiger charge is 2.30. The van der Waals surface area contributed by atoms with Gasteiger partial charge in [0, 0.05) is 6.04 Å². The summed E-state index contributed by atoms with van der Waals surface area (Å²) in [5, 5.41) is 27.2. The SMILES string of the molecule is N#Cc1ccc(Sc2nnc(COc3ccccc3Cl)n2C2CC2)nn1. The lowest BCUT2D eigenvalue weighted by molar-refractivity contribution is 0.288. The molecule has 130 valence electrons. The third-order valence-electron chi connectivity index (χ3n) is 3.79. The van der Waals surface area contributed by atoms with Gasteiger partial charge in [0.05, 0.1) is 5.02 Å². The first-order valence-corrected chi connectivity index (χ1v) is 9.17. The predicted octanol–water partition coefficient (Wildman–Crippen LogP) is 3.66. The van der Waals surface area contributed by atoms with E-state index in [1.54, 1.807) is 18.2 Å². The van der Waals surface area contributed by atoms with E-state index in [-0.39, 0.29) is 12.3 Å². The lowest BCUT2D eigenvalue weighted by Crippen LogP contribution is -2.07. The van der Waals surface area contributed by atoms with Gasteiger partial charge in [-0.2, -0.15) is 5.26 Å². The van der Waals surface area contributed by atoms with E-state index in [0.717, 1.165) is 23.8 Å². The molecule has 0 aliphatic heterocycles. The second-order valence-corrected chi connectivity index (χ2v) is 7.08. The maximum Gasteiger partial charge on any atom is 0.197 e. The van der Waals surface area contributed by atoms with Gasteiger partial charge < -0.3 is 4.74 Å². The number of nitrogens with zero attached hydrogens (tertiary/aromatic N) is 6. The Kier molecular flexibility index (Phi) is 4.73. The normalized spacial score (nSPS) is 13.4. The summed E-state index contributed by atoms with van der Waals surface area (Å²) in [7, 11) is 0. The van der Waals surface area contributed by atoms with Crippen molar-refractivity contribution in [2.24, 2.45) is 0 Å². The zero-order valence-electron chi connectivity index (χ0n) is 13.5. The quantitative estimate of drug-likeness (QED) is 0.640. The third-order valence-corrected chi connectivity index (χ3v) is 4.99. The van der Waals surface area contributed by atoms with E-state index in [2.05, 4.69) is 25.0 Å². The number of ether oxygens (including phenoxy) is 1. The molecule has 1 aliphatic carbocycles. The van der Waals surface area contributed by atoms with Crippen molar-refractivity contribution >= 4 is 23.4 Å². The van der Waals surface area contributed by atoms with Crippen LogP contribution in [-0.2, 0) is 6.61 Å². The second kappa shape index (κ2) is 7.32. The fraction of sp³-hybridized carbons (Fsp3) is 0.235. The number of hydrogen-bond acceptors (Lipinski definition) is 7. The molecule has 2 aromatic heterocycles. The highest BCUT2D eigenvalue weighted by molar-refractivity contribution is 7.99. The highest BCUT2D eigenvalue weighted by Crippen LogP contribution is 2.40. The van der Waals surface area contributed by atoms with Crippen molar-refractivity contribution in [3.63, 3.8) is 0 Å². The summed E-state index contributed by atoms with van der Waals surface area (Å²) < 4.78 is 7.89. The molecule has 1 saturated carbocycles. The summed E-state index contributed by atoms with van der Waals surface area (Å²) in [4.78, 5) is 0. The first-order chi connectivity index (χ1) is 12.7. The van der Waals surface area contributed by atoms with Gasteiger partial charge in [0.2, 0.25) is 0 Å². The zero-order valence-corrected chi connectivity index (χ0v) is 15.1. The molecule has 4 rings (SSSR count). The van der Waals surface area contributed by atoms with Crippen molar-refractivity contribution in [1.29, 1.82) is 5.26 Å². The van der Waals surface area contributed by atoms with Crippen molar-refractivity contribution in [3.8, 4) is 11.8 Å². The molecule has 9 heteroatoms. The number of nitriles is 1. The van der Waals surface area contributed by atoms with Gasteiger partial charge in [0.1, 0.15) is 23.5 Å². The summed E-state index contributed by atoms with van der Waals surface area (Å²) in [5.74, 6) is 1.36. The van der Waals surface area contributed by atoms with Gasteiger partial charge >= 0.3 is 0 Å². The molecule has 2 heterocycles. The smallest absolute Gasteiger partial charge is 0.197 e. The summed E-state index contributed by atoms with van der Waals surface area (Å²) in [6.07, 6.45) is 2.17. The first-order valence-electron chi connectivity index (χ1n) is 7.97. The van der Waals surface area contributed by atoms with E-state index in [1.807, 2.05) is 24.3 Å². The lowest BCUT2D eigenvalue weighted by atomic mass is 10.3. The number of para-hydroxylation sites is 1. The zero-order chi connectivity index (χ0) is 17.9. The Morgan fingerprint density at radius 2 is 2.00 bits per heavy atom. The van der Waals surface area contributed by atoms with E-state index >= 15 is 0 Å². The Bertz CT molecular complexity index is 964. The molecule has 0 amide bonds. The topological polar surface area (TPSA) is 89.5 Å². The van der Waals surface area contributed by atoms with Crippen LogP contribution in [0.25, 0.3) is 0 Å². The fourth-order valence-electron chi connectivity index (χ4n) is 2.41. The van der Waals surface area contributed by atoms with Gasteiger partial charge in [-0.05, 0) is 48.9 Å². The Morgan fingerprint density at radius 1 is 1.15 bits per heavy atom. The highest BCUT2D eigenvalue weighted by atomic mass is 35.5. The average Bonchev–Trinajstić information content (AvgIpc) is 3.43. The van der Waals surface area contributed by atoms with Crippen molar-refractivity contribution in [2.45, 2.75) is 35.7 Å². The number of halogens is 1. The molecule has 1 aromatic carbocycles. The molecule has 1 aliphatic rings. The van der Waals surface area contributed by atoms with E-state index in [4.69, 9.17) is 21.6 Å². The van der Waals surface area contributed by atoms with E-state index in [9.17, 15) is 0 Å². The van der Waals surface area contributed by atoms with Crippen LogP contribution in [0.15, 0.2) is 46.6 Å². The molecular formula is C17H13ClN6OS. The van der Waals surface area contributed by atoms with Gasteiger partial charge in [-0.25, -0.2) is 0 Å². The molecule has 26 heavy (non-hydrogen) atoms. The molecule has 0 saturated heterocycles. The molecule has 3 aromatic rings. The van der Waals surface area contributed by atoms with Gasteiger partial charge in [-0.1, -0.05) is 23.7 Å². The van der Waals surface area contributed by atoms with Gasteiger partial charge in [-0.3, -0.25) is 4.57 Å². The van der Waals surface area contributed by atoms with E-state index in [0.29, 0.717) is 21.8 Å². The van der Waals surface area contributed by atoms with Crippen LogP contribution in [0.5, 0.6) is 5.75 Å². The van der Waals surface area contributed by atoms with Crippen LogP contribution < -0.4 is 4.74 Å². The molecule has 0 spiro atoms. The lowest BCUT2D eigenvalue weighted by Gasteiger charge is -2.10. The minimum Gasteiger partial charge on any atom is -0.484 e. The molecule has 0 N–H and O–H groups in total. The Balaban J connectivity index is 1.53. The monoisotopic (exact) mass is 384 g/mol. The number of rotatable bonds is 6. The van der Waals surface area contributed by atoms with Crippen LogP contribution in [-0.4, -0.2) is 25.0 Å². The van der Waals surface area contributed by atoms with Gasteiger partial charge in [0.25, 0.3) is 0 Å². The molecule has 0 atom stereocenters. The summed E-state index contributed by atoms with van der Waals surface area (Å²) >= 11 is 7.50. The predicted molar refractivity (Wildman–Crippen MR) is 94.9 cm³/mol. The van der Waals surface area contributed by atoms with E-state index < -0.39 is 0 Å². The van der Waals surface area contributed by atoms with E-state index in [1.165, 1.54) is 11.8 Å². The third kappa shape index (κ3) is 3.64. The molecular weight excluding hydrogens is 372 g/mol. The largest absolute Gasteiger partial charge is 0.484 e. The summed E-state index contributed by atoms with van der Waals surface area (Å²) in [5.41, 5.74) is 0.284. The number of benzene rings is 1. The first kappa shape index (κ1) is 16.8. The second-order valence-electron chi connectivity index (χ2n) is 5.69. The van der Waals surface area contributed by atoms with Crippen molar-refractivity contribution in [1.82, 2.24) is 25.0 Å². The van der Waals surface area contributed by atoms with Crippen LogP contribution in [0.1, 0.15) is 30.4 Å². The number of hydrogen-bond donors (Lipinski definition) is 0. The van der Waals surface area contributed by atoms with Crippen LogP contribution in [0.3, 0.4) is 0 Å². The fourth-order valence-corrected chi connectivity index (χ4v) is 3.44. The maximum atomic E-state index is 8.81. The molecule has 0 bridgehead atoms. The van der Waals surface area contributed by atoms with Crippen LogP contribution >= 0.6 is 23.4 Å². The van der Waals surface area contributed by atoms with Crippen LogP contribution in [0.2, 0.25) is 5.02 Å². The Hall–Kier alpha value is -2.63. The summed E-state index contributed by atoms with van der Waals surface area (Å²) in [6, 6.07) is 13.1. The van der Waals surface area contributed by atoms with Crippen molar-refractivity contribution in [3.05, 3.63) is 52.9 Å². The van der Waals surface area contributed by atoms with Gasteiger partial charge in [0.15, 0.2) is 16.7 Å². The Labute approximate surface area is 159 Å². The average molecular weight is 385 g/mol. The minimum absolute atomic E-state index is 0.284. The molecule has 0 radical (unpaired) electrons. The molecule has 7 nitrogen and oxygen atoms in total. The van der Waals surface area contributed by atoms with Gasteiger partial charge in [-0.15, -0.1) is 20.4 Å². The van der Waals surface area contributed by atoms with Crippen molar-refractivity contribution < 1.29 is 4.74 Å². The van der Waals surface area contributed by atoms with Crippen molar-refractivity contribution in [2.75, 3.05) is 0 Å². The standard InChI is InChI=1S/C17H13ClN6OS/c18-13-3-1-2-4-14(13)25-10-15-21-23-17(24(15)12-6-7-12)26-16-8-5-11(9-19)20-22-16/h1-5,8,12H,6-7,10H2. The number of aromatic nitrogens is 5. The van der Waals surface area contributed by atoms with Crippen LogP contribution in [0.4, 0.5) is 0 Å². The Morgan fingerprint density at radius 3 is 2.69 bits per heavy atom. The molecule has 0 unspecified atom stereocenters.